The minimum absolute atomic E-state index is 0.0325. The van der Waals surface area contributed by atoms with Gasteiger partial charge in [0.05, 0.1) is 11.4 Å². The van der Waals surface area contributed by atoms with Gasteiger partial charge in [-0.1, -0.05) is 85.5 Å². The van der Waals surface area contributed by atoms with Crippen LogP contribution in [0.5, 0.6) is 5.75 Å². The number of hydrogen-bond donors (Lipinski definition) is 1. The molecule has 1 aromatic heterocycles. The van der Waals surface area contributed by atoms with Gasteiger partial charge in [0.15, 0.2) is 0 Å². The first-order valence-electron chi connectivity index (χ1n) is 9.68. The third kappa shape index (κ3) is 4.92. The molecule has 2 aromatic carbocycles. The van der Waals surface area contributed by atoms with E-state index >= 15 is 0 Å². The van der Waals surface area contributed by atoms with Gasteiger partial charge < -0.3 is 5.11 Å². The van der Waals surface area contributed by atoms with Crippen molar-refractivity contribution in [3.8, 4) is 28.3 Å². The Morgan fingerprint density at radius 1 is 0.759 bits per heavy atom. The molecule has 0 spiro atoms. The van der Waals surface area contributed by atoms with E-state index in [0.29, 0.717) is 5.75 Å². The molecule has 0 aliphatic carbocycles. The fraction of sp³-hybridized carbons (Fsp3) is 0.320. The second kappa shape index (κ2) is 7.88. The van der Waals surface area contributed by atoms with Gasteiger partial charge in [-0.3, -0.25) is 0 Å². The fourth-order valence-corrected chi connectivity index (χ4v) is 4.58. The Morgan fingerprint density at radius 2 is 1.34 bits per heavy atom. The Hall–Kier alpha value is -1.65. The van der Waals surface area contributed by atoms with Crippen molar-refractivity contribution in [3.05, 3.63) is 68.6 Å². The van der Waals surface area contributed by atoms with E-state index in [2.05, 4.69) is 85.5 Å². The normalized spacial score (nSPS) is 12.3. The van der Waals surface area contributed by atoms with Crippen molar-refractivity contribution >= 4 is 31.9 Å². The maximum atomic E-state index is 11.2. The number of halogens is 2. The third-order valence-corrected chi connectivity index (χ3v) is 5.88. The van der Waals surface area contributed by atoms with Gasteiger partial charge in [-0.05, 0) is 52.8 Å². The molecular formula is C25H27Br2NO. The summed E-state index contributed by atoms with van der Waals surface area (Å²) < 4.78 is 1.98. The Kier molecular flexibility index (Phi) is 5.99. The zero-order valence-corrected chi connectivity index (χ0v) is 20.9. The van der Waals surface area contributed by atoms with Gasteiger partial charge in [0.25, 0.3) is 0 Å². The Morgan fingerprint density at radius 3 is 1.90 bits per heavy atom. The van der Waals surface area contributed by atoms with Gasteiger partial charge in [0.2, 0.25) is 0 Å². The molecule has 0 aliphatic heterocycles. The summed E-state index contributed by atoms with van der Waals surface area (Å²) in [6.45, 7) is 13.0. The maximum Gasteiger partial charge on any atom is 0.128 e. The molecule has 0 atom stereocenters. The number of hydrogen-bond acceptors (Lipinski definition) is 2. The number of phenolic OH excluding ortho intramolecular Hbond substituents is 1. The minimum atomic E-state index is -0.174. The standard InChI is InChI=1S/C25H27Br2NO/c1-24(2,3)16-12-19(23(29)20(13-16)25(4,5)6)22-9-7-8-21(28-22)15-10-17(26)14-18(27)11-15/h7-14,29H,1-6H3. The number of nitrogens with zero attached hydrogens (tertiary/aromatic N) is 1. The zero-order chi connectivity index (χ0) is 21.6. The fourth-order valence-electron chi connectivity index (χ4n) is 3.28. The maximum absolute atomic E-state index is 11.2. The highest BCUT2D eigenvalue weighted by atomic mass is 79.9. The first-order valence-corrected chi connectivity index (χ1v) is 11.3. The van der Waals surface area contributed by atoms with E-state index in [1.165, 1.54) is 5.56 Å². The Labute approximate surface area is 190 Å². The molecule has 1 N–H and O–H groups in total. The number of phenols is 1. The summed E-state index contributed by atoms with van der Waals surface area (Å²) >= 11 is 7.10. The molecule has 2 nitrogen and oxygen atoms in total. The topological polar surface area (TPSA) is 33.1 Å². The highest BCUT2D eigenvalue weighted by molar-refractivity contribution is 9.11. The van der Waals surface area contributed by atoms with Crippen molar-refractivity contribution in [1.29, 1.82) is 0 Å². The van der Waals surface area contributed by atoms with E-state index in [9.17, 15) is 5.11 Å². The molecule has 152 valence electrons. The molecule has 0 radical (unpaired) electrons. The van der Waals surface area contributed by atoms with Crippen LogP contribution in [0.4, 0.5) is 0 Å². The smallest absolute Gasteiger partial charge is 0.128 e. The summed E-state index contributed by atoms with van der Waals surface area (Å²) in [4.78, 5) is 4.90. The molecule has 0 amide bonds. The van der Waals surface area contributed by atoms with Crippen molar-refractivity contribution in [1.82, 2.24) is 4.98 Å². The van der Waals surface area contributed by atoms with Gasteiger partial charge in [0, 0.05) is 25.6 Å². The van der Waals surface area contributed by atoms with Crippen LogP contribution >= 0.6 is 31.9 Å². The van der Waals surface area contributed by atoms with Gasteiger partial charge in [0.1, 0.15) is 5.75 Å². The highest BCUT2D eigenvalue weighted by Crippen LogP contribution is 2.42. The van der Waals surface area contributed by atoms with Crippen LogP contribution in [0.3, 0.4) is 0 Å². The Bertz CT molecular complexity index is 1040. The van der Waals surface area contributed by atoms with Crippen LogP contribution in [0.25, 0.3) is 22.5 Å². The first kappa shape index (κ1) is 22.0. The number of benzene rings is 2. The van der Waals surface area contributed by atoms with E-state index in [1.54, 1.807) is 0 Å². The summed E-state index contributed by atoms with van der Waals surface area (Å²) in [6, 6.07) is 16.2. The Balaban J connectivity index is 2.23. The summed E-state index contributed by atoms with van der Waals surface area (Å²) in [5.41, 5.74) is 5.34. The van der Waals surface area contributed by atoms with Crippen LogP contribution in [0, 0.1) is 0 Å². The molecule has 0 saturated carbocycles. The molecule has 4 heteroatoms. The SMILES string of the molecule is CC(C)(C)c1cc(-c2cccc(-c3cc(Br)cc(Br)c3)n2)c(O)c(C(C)(C)C)c1. The average molecular weight is 517 g/mol. The second-order valence-electron chi connectivity index (χ2n) is 9.49. The molecule has 3 aromatic rings. The number of aromatic hydroxyl groups is 1. The summed E-state index contributed by atoms with van der Waals surface area (Å²) in [7, 11) is 0. The molecule has 29 heavy (non-hydrogen) atoms. The van der Waals surface area contributed by atoms with E-state index < -0.39 is 0 Å². The van der Waals surface area contributed by atoms with Crippen molar-refractivity contribution in [2.75, 3.05) is 0 Å². The van der Waals surface area contributed by atoms with Gasteiger partial charge >= 0.3 is 0 Å². The largest absolute Gasteiger partial charge is 0.507 e. The molecule has 0 aliphatic rings. The average Bonchev–Trinajstić information content (AvgIpc) is 2.59. The molecule has 0 bridgehead atoms. The van der Waals surface area contributed by atoms with E-state index in [1.807, 2.05) is 36.4 Å². The van der Waals surface area contributed by atoms with Gasteiger partial charge in [-0.2, -0.15) is 0 Å². The zero-order valence-electron chi connectivity index (χ0n) is 17.8. The number of rotatable bonds is 2. The third-order valence-electron chi connectivity index (χ3n) is 4.97. The van der Waals surface area contributed by atoms with Crippen LogP contribution in [0.15, 0.2) is 57.5 Å². The minimum Gasteiger partial charge on any atom is -0.507 e. The first-order chi connectivity index (χ1) is 13.4. The van der Waals surface area contributed by atoms with Crippen LogP contribution in [0.2, 0.25) is 0 Å². The number of aromatic nitrogens is 1. The number of pyridine rings is 1. The van der Waals surface area contributed by atoms with Crippen molar-refractivity contribution in [2.45, 2.75) is 52.4 Å². The van der Waals surface area contributed by atoms with Crippen LogP contribution in [-0.2, 0) is 10.8 Å². The summed E-state index contributed by atoms with van der Waals surface area (Å²) in [6.07, 6.45) is 0. The van der Waals surface area contributed by atoms with Crippen LogP contribution in [-0.4, -0.2) is 10.1 Å². The van der Waals surface area contributed by atoms with E-state index in [-0.39, 0.29) is 10.8 Å². The quantitative estimate of drug-likeness (QED) is 0.372. The lowest BCUT2D eigenvalue weighted by atomic mass is 9.78. The lowest BCUT2D eigenvalue weighted by molar-refractivity contribution is 0.446. The molecule has 0 unspecified atom stereocenters. The molecule has 3 rings (SSSR count). The molecule has 0 fully saturated rings. The molecule has 0 saturated heterocycles. The lowest BCUT2D eigenvalue weighted by Crippen LogP contribution is -2.17. The van der Waals surface area contributed by atoms with Crippen LogP contribution in [0.1, 0.15) is 52.7 Å². The summed E-state index contributed by atoms with van der Waals surface area (Å²) in [5.74, 6) is 0.311. The van der Waals surface area contributed by atoms with E-state index in [4.69, 9.17) is 4.98 Å². The van der Waals surface area contributed by atoms with Crippen LogP contribution < -0.4 is 0 Å². The van der Waals surface area contributed by atoms with Gasteiger partial charge in [-0.15, -0.1) is 0 Å². The van der Waals surface area contributed by atoms with Gasteiger partial charge in [-0.25, -0.2) is 4.98 Å². The predicted octanol–water partition coefficient (Wildman–Crippen LogP) is 8.24. The second-order valence-corrected chi connectivity index (χ2v) is 11.3. The van der Waals surface area contributed by atoms with E-state index in [0.717, 1.165) is 37.0 Å². The lowest BCUT2D eigenvalue weighted by Gasteiger charge is -2.27. The van der Waals surface area contributed by atoms with Crippen molar-refractivity contribution < 1.29 is 5.11 Å². The molecular weight excluding hydrogens is 490 g/mol. The van der Waals surface area contributed by atoms with Crippen molar-refractivity contribution in [3.63, 3.8) is 0 Å². The predicted molar refractivity (Wildman–Crippen MR) is 130 cm³/mol. The highest BCUT2D eigenvalue weighted by Gasteiger charge is 2.26. The summed E-state index contributed by atoms with van der Waals surface area (Å²) in [5, 5.41) is 11.2. The van der Waals surface area contributed by atoms with Crippen molar-refractivity contribution in [2.24, 2.45) is 0 Å². The monoisotopic (exact) mass is 515 g/mol. The molecule has 1 heterocycles.